The fraction of sp³-hybridized carbons (Fsp3) is 0.333. The molecule has 0 saturated carbocycles. The summed E-state index contributed by atoms with van der Waals surface area (Å²) in [5.74, 6) is -1.64. The largest absolute Gasteiger partial charge is 0.480 e. The molecule has 0 unspecified atom stereocenters. The number of benzene rings is 1. The molecule has 2 amide bonds. The number of carboxylic acids is 1. The van der Waals surface area contributed by atoms with E-state index in [0.29, 0.717) is 10.7 Å². The number of nitrogens with one attached hydrogen (secondary N) is 2. The van der Waals surface area contributed by atoms with Crippen LogP contribution in [0.1, 0.15) is 6.42 Å². The topological polar surface area (TPSA) is 113 Å². The third-order valence-electron chi connectivity index (χ3n) is 2.46. The number of carboxylic acid groups (broad SMARTS) is 1. The maximum absolute atomic E-state index is 11.7. The SMILES string of the molecule is CS(=O)(=O)CC[C@H](NC(=O)Nc1cccc(Cl)c1)C(=O)O. The fourth-order valence-electron chi connectivity index (χ4n) is 1.48. The number of anilines is 1. The van der Waals surface area contributed by atoms with Crippen molar-refractivity contribution in [3.05, 3.63) is 29.3 Å². The highest BCUT2D eigenvalue weighted by atomic mass is 35.5. The summed E-state index contributed by atoms with van der Waals surface area (Å²) < 4.78 is 22.1. The minimum atomic E-state index is -3.31. The molecule has 0 radical (unpaired) electrons. The summed E-state index contributed by atoms with van der Waals surface area (Å²) in [4.78, 5) is 22.7. The lowest BCUT2D eigenvalue weighted by Crippen LogP contribution is -2.43. The average Bonchev–Trinajstić information content (AvgIpc) is 2.32. The number of halogens is 1. The van der Waals surface area contributed by atoms with Gasteiger partial charge in [-0.25, -0.2) is 18.0 Å². The van der Waals surface area contributed by atoms with Gasteiger partial charge in [0.25, 0.3) is 0 Å². The Labute approximate surface area is 127 Å². The van der Waals surface area contributed by atoms with Gasteiger partial charge in [-0.15, -0.1) is 0 Å². The second-order valence-corrected chi connectivity index (χ2v) is 7.11. The van der Waals surface area contributed by atoms with Gasteiger partial charge >= 0.3 is 12.0 Å². The van der Waals surface area contributed by atoms with Gasteiger partial charge in [-0.3, -0.25) is 0 Å². The van der Waals surface area contributed by atoms with Crippen LogP contribution < -0.4 is 10.6 Å². The van der Waals surface area contributed by atoms with Crippen molar-refractivity contribution in [1.29, 1.82) is 0 Å². The molecule has 9 heteroatoms. The van der Waals surface area contributed by atoms with Crippen LogP contribution in [0.4, 0.5) is 10.5 Å². The molecule has 0 spiro atoms. The zero-order chi connectivity index (χ0) is 16.0. The van der Waals surface area contributed by atoms with Crippen LogP contribution >= 0.6 is 11.6 Å². The summed E-state index contributed by atoms with van der Waals surface area (Å²) in [6.45, 7) is 0. The zero-order valence-corrected chi connectivity index (χ0v) is 12.7. The Balaban J connectivity index is 2.62. The van der Waals surface area contributed by atoms with Crippen LogP contribution in [-0.2, 0) is 14.6 Å². The second-order valence-electron chi connectivity index (χ2n) is 4.42. The van der Waals surface area contributed by atoms with Crippen LogP contribution in [-0.4, -0.2) is 43.6 Å². The number of amides is 2. The van der Waals surface area contributed by atoms with Crippen LogP contribution in [0, 0.1) is 0 Å². The van der Waals surface area contributed by atoms with E-state index < -0.39 is 27.9 Å². The Kier molecular flexibility index (Phi) is 5.98. The molecule has 1 aromatic carbocycles. The first-order chi connectivity index (χ1) is 9.67. The first-order valence-electron chi connectivity index (χ1n) is 5.91. The Hall–Kier alpha value is -1.80. The summed E-state index contributed by atoms with van der Waals surface area (Å²) in [6.07, 6.45) is 0.787. The van der Waals surface area contributed by atoms with Crippen LogP contribution in [0.15, 0.2) is 24.3 Å². The minimum Gasteiger partial charge on any atom is -0.480 e. The van der Waals surface area contributed by atoms with E-state index >= 15 is 0 Å². The van der Waals surface area contributed by atoms with Crippen molar-refractivity contribution < 1.29 is 23.1 Å². The molecule has 116 valence electrons. The molecule has 3 N–H and O–H groups in total. The Morgan fingerprint density at radius 1 is 1.38 bits per heavy atom. The molecule has 7 nitrogen and oxygen atoms in total. The Bertz CT molecular complexity index is 632. The van der Waals surface area contributed by atoms with Crippen LogP contribution in [0.2, 0.25) is 5.02 Å². The predicted molar refractivity (Wildman–Crippen MR) is 79.4 cm³/mol. The third kappa shape index (κ3) is 6.96. The molecule has 1 aromatic rings. The molecule has 1 atom stereocenters. The molecular weight excluding hydrogens is 320 g/mol. The molecule has 0 aliphatic rings. The van der Waals surface area contributed by atoms with E-state index in [0.717, 1.165) is 6.26 Å². The van der Waals surface area contributed by atoms with Gasteiger partial charge in [0.05, 0.1) is 5.75 Å². The highest BCUT2D eigenvalue weighted by Gasteiger charge is 2.21. The lowest BCUT2D eigenvalue weighted by Gasteiger charge is -2.14. The lowest BCUT2D eigenvalue weighted by molar-refractivity contribution is -0.139. The summed E-state index contributed by atoms with van der Waals surface area (Å²) in [7, 11) is -3.31. The zero-order valence-electron chi connectivity index (χ0n) is 11.2. The normalized spacial score (nSPS) is 12.5. The van der Waals surface area contributed by atoms with E-state index in [1.165, 1.54) is 6.07 Å². The van der Waals surface area contributed by atoms with Crippen molar-refractivity contribution in [1.82, 2.24) is 5.32 Å². The van der Waals surface area contributed by atoms with E-state index in [1.54, 1.807) is 18.2 Å². The lowest BCUT2D eigenvalue weighted by atomic mass is 10.2. The monoisotopic (exact) mass is 334 g/mol. The predicted octanol–water partition coefficient (Wildman–Crippen LogP) is 1.35. The van der Waals surface area contributed by atoms with Crippen molar-refractivity contribution in [2.75, 3.05) is 17.3 Å². The number of carbonyl (C=O) groups excluding carboxylic acids is 1. The minimum absolute atomic E-state index is 0.211. The van der Waals surface area contributed by atoms with Crippen molar-refractivity contribution in [2.24, 2.45) is 0 Å². The van der Waals surface area contributed by atoms with E-state index in [-0.39, 0.29) is 12.2 Å². The van der Waals surface area contributed by atoms with E-state index in [4.69, 9.17) is 16.7 Å². The molecule has 0 fully saturated rings. The Morgan fingerprint density at radius 3 is 2.57 bits per heavy atom. The van der Waals surface area contributed by atoms with Gasteiger partial charge in [0.1, 0.15) is 15.9 Å². The summed E-state index contributed by atoms with van der Waals surface area (Å²) in [5, 5.41) is 14.0. The molecule has 0 bridgehead atoms. The number of sulfone groups is 1. The highest BCUT2D eigenvalue weighted by Crippen LogP contribution is 2.14. The van der Waals surface area contributed by atoms with Gasteiger partial charge in [-0.05, 0) is 24.6 Å². The smallest absolute Gasteiger partial charge is 0.326 e. The van der Waals surface area contributed by atoms with Crippen molar-refractivity contribution >= 4 is 39.1 Å². The number of hydrogen-bond acceptors (Lipinski definition) is 4. The molecule has 0 aliphatic heterocycles. The maximum atomic E-state index is 11.7. The standard InChI is InChI=1S/C12H15ClN2O5S/c1-21(19,20)6-5-10(11(16)17)15-12(18)14-9-4-2-3-8(13)7-9/h2-4,7,10H,5-6H2,1H3,(H,16,17)(H2,14,15,18)/t10-/m0/s1. The van der Waals surface area contributed by atoms with E-state index in [1.807, 2.05) is 0 Å². The van der Waals surface area contributed by atoms with Gasteiger partial charge in [0.15, 0.2) is 0 Å². The summed E-state index contributed by atoms with van der Waals surface area (Å²) in [6, 6.07) is 4.27. The number of urea groups is 1. The first kappa shape index (κ1) is 17.3. The number of aliphatic carboxylic acids is 1. The molecule has 0 saturated heterocycles. The van der Waals surface area contributed by atoms with E-state index in [9.17, 15) is 18.0 Å². The average molecular weight is 335 g/mol. The van der Waals surface area contributed by atoms with Gasteiger partial charge in [-0.1, -0.05) is 17.7 Å². The number of rotatable bonds is 6. The quantitative estimate of drug-likeness (QED) is 0.726. The summed E-state index contributed by atoms with van der Waals surface area (Å²) in [5.41, 5.74) is 0.396. The van der Waals surface area contributed by atoms with Crippen LogP contribution in [0.3, 0.4) is 0 Å². The maximum Gasteiger partial charge on any atom is 0.326 e. The molecule has 21 heavy (non-hydrogen) atoms. The molecule has 0 aromatic heterocycles. The fourth-order valence-corrected chi connectivity index (χ4v) is 2.34. The van der Waals surface area contributed by atoms with E-state index in [2.05, 4.69) is 10.6 Å². The van der Waals surface area contributed by atoms with Crippen LogP contribution in [0.25, 0.3) is 0 Å². The molecule has 0 heterocycles. The third-order valence-corrected chi connectivity index (χ3v) is 3.68. The van der Waals surface area contributed by atoms with Crippen molar-refractivity contribution in [2.45, 2.75) is 12.5 Å². The Morgan fingerprint density at radius 2 is 2.05 bits per heavy atom. The first-order valence-corrected chi connectivity index (χ1v) is 8.35. The van der Waals surface area contributed by atoms with Gasteiger partial charge in [0.2, 0.25) is 0 Å². The van der Waals surface area contributed by atoms with Crippen molar-refractivity contribution in [3.63, 3.8) is 0 Å². The van der Waals surface area contributed by atoms with Gasteiger partial charge in [0, 0.05) is 17.0 Å². The van der Waals surface area contributed by atoms with Gasteiger partial charge in [-0.2, -0.15) is 0 Å². The van der Waals surface area contributed by atoms with Crippen LogP contribution in [0.5, 0.6) is 0 Å². The second kappa shape index (κ2) is 7.28. The molecule has 1 rings (SSSR count). The van der Waals surface area contributed by atoms with Crippen molar-refractivity contribution in [3.8, 4) is 0 Å². The molecule has 0 aliphatic carbocycles. The molecular formula is C12H15ClN2O5S. The number of carbonyl (C=O) groups is 2. The van der Waals surface area contributed by atoms with Gasteiger partial charge < -0.3 is 15.7 Å². The summed E-state index contributed by atoms with van der Waals surface area (Å²) >= 11 is 5.75. The number of hydrogen-bond donors (Lipinski definition) is 3. The highest BCUT2D eigenvalue weighted by molar-refractivity contribution is 7.90.